The Morgan fingerprint density at radius 3 is 2.83 bits per heavy atom. The Hall–Kier alpha value is -3.00. The van der Waals surface area contributed by atoms with Crippen LogP contribution in [0.2, 0.25) is 0 Å². The molecule has 158 valence electrons. The van der Waals surface area contributed by atoms with Gasteiger partial charge in [0.25, 0.3) is 5.91 Å². The van der Waals surface area contributed by atoms with Crippen LogP contribution in [-0.4, -0.2) is 63.6 Å². The number of rotatable bonds is 5. The normalized spacial score (nSPS) is 21.8. The van der Waals surface area contributed by atoms with E-state index in [1.165, 1.54) is 0 Å². The van der Waals surface area contributed by atoms with E-state index in [0.29, 0.717) is 50.8 Å². The number of carbonyl (C=O) groups is 2. The quantitative estimate of drug-likeness (QED) is 0.700. The number of nitrogens with zero attached hydrogens (tertiary/aromatic N) is 4. The van der Waals surface area contributed by atoms with Gasteiger partial charge in [-0.1, -0.05) is 47.6 Å². The number of aryl methyl sites for hydroxylation is 2. The maximum Gasteiger partial charge on any atom is 0.257 e. The third-order valence-electron chi connectivity index (χ3n) is 5.49. The first-order chi connectivity index (χ1) is 14.6. The molecule has 1 atom stereocenters. The second-order valence-corrected chi connectivity index (χ2v) is 7.74. The highest BCUT2D eigenvalue weighted by molar-refractivity contribution is 5.88. The molecule has 0 bridgehead atoms. The highest BCUT2D eigenvalue weighted by Crippen LogP contribution is 2.28. The Morgan fingerprint density at radius 2 is 2.07 bits per heavy atom. The first kappa shape index (κ1) is 20.3. The molecule has 0 unspecified atom stereocenters. The highest BCUT2D eigenvalue weighted by atomic mass is 16.5. The minimum Gasteiger partial charge on any atom is -0.361 e. The molecule has 1 aromatic carbocycles. The molecular weight excluding hydrogens is 384 g/mol. The van der Waals surface area contributed by atoms with E-state index in [2.05, 4.69) is 10.1 Å². The molecule has 1 saturated heterocycles. The Labute approximate surface area is 175 Å². The maximum absolute atomic E-state index is 13.5. The third kappa shape index (κ3) is 4.43. The fraction of sp³-hybridized carbons (Fsp3) is 0.455. The van der Waals surface area contributed by atoms with Gasteiger partial charge in [-0.15, -0.1) is 0 Å². The minimum atomic E-state index is -1.03. The molecule has 8 nitrogen and oxygen atoms in total. The number of ether oxygens (including phenoxy) is 1. The lowest BCUT2D eigenvalue weighted by Gasteiger charge is -2.42. The van der Waals surface area contributed by atoms with Crippen LogP contribution in [0.5, 0.6) is 0 Å². The predicted octanol–water partition coefficient (Wildman–Crippen LogP) is 1.90. The topological polar surface area (TPSA) is 88.8 Å². The Morgan fingerprint density at radius 1 is 1.23 bits per heavy atom. The molecule has 30 heavy (non-hydrogen) atoms. The van der Waals surface area contributed by atoms with Crippen LogP contribution in [0.3, 0.4) is 0 Å². The van der Waals surface area contributed by atoms with Crippen molar-refractivity contribution >= 4 is 11.8 Å². The van der Waals surface area contributed by atoms with Crippen LogP contribution in [0.15, 0.2) is 47.0 Å². The average Bonchev–Trinajstić information content (AvgIpc) is 3.13. The van der Waals surface area contributed by atoms with Gasteiger partial charge in [-0.25, -0.2) is 0 Å². The molecule has 2 amide bonds. The van der Waals surface area contributed by atoms with E-state index in [1.807, 2.05) is 42.5 Å². The van der Waals surface area contributed by atoms with Gasteiger partial charge in [-0.3, -0.25) is 9.59 Å². The van der Waals surface area contributed by atoms with E-state index in [1.54, 1.807) is 16.7 Å². The molecule has 0 radical (unpaired) electrons. The molecule has 0 aliphatic carbocycles. The maximum atomic E-state index is 13.5. The smallest absolute Gasteiger partial charge is 0.257 e. The lowest BCUT2D eigenvalue weighted by Crippen LogP contribution is -2.60. The van der Waals surface area contributed by atoms with Gasteiger partial charge in [-0.2, -0.15) is 4.98 Å². The van der Waals surface area contributed by atoms with Gasteiger partial charge >= 0.3 is 0 Å². The molecule has 2 aliphatic heterocycles. The molecule has 1 aromatic heterocycles. The van der Waals surface area contributed by atoms with Crippen LogP contribution in [0.25, 0.3) is 0 Å². The molecule has 0 N–H and O–H groups in total. The summed E-state index contributed by atoms with van der Waals surface area (Å²) in [5.74, 6) is 0.897. The van der Waals surface area contributed by atoms with Crippen molar-refractivity contribution in [2.24, 2.45) is 0 Å². The number of morpholine rings is 1. The van der Waals surface area contributed by atoms with Crippen molar-refractivity contribution in [3.8, 4) is 0 Å². The molecule has 1 fully saturated rings. The van der Waals surface area contributed by atoms with Gasteiger partial charge < -0.3 is 19.1 Å². The molecule has 3 heterocycles. The summed E-state index contributed by atoms with van der Waals surface area (Å²) in [7, 11) is 0. The van der Waals surface area contributed by atoms with Crippen molar-refractivity contribution in [1.82, 2.24) is 19.9 Å². The van der Waals surface area contributed by atoms with Crippen LogP contribution in [0, 0.1) is 6.92 Å². The Bertz CT molecular complexity index is 926. The summed E-state index contributed by atoms with van der Waals surface area (Å²) >= 11 is 0. The fourth-order valence-corrected chi connectivity index (χ4v) is 3.94. The van der Waals surface area contributed by atoms with E-state index in [9.17, 15) is 9.59 Å². The van der Waals surface area contributed by atoms with Crippen LogP contribution in [0.1, 0.15) is 30.1 Å². The summed E-state index contributed by atoms with van der Waals surface area (Å²) in [5, 5.41) is 3.75. The zero-order valence-corrected chi connectivity index (χ0v) is 17.1. The summed E-state index contributed by atoms with van der Waals surface area (Å²) in [4.78, 5) is 33.9. The van der Waals surface area contributed by atoms with Gasteiger partial charge in [-0.05, 0) is 12.5 Å². The standard InChI is InChI=1S/C22H26N4O4/c1-17-23-19(30-24-17)9-10-20(27)26-13-14-29-22(16-26)11-5-6-12-25(21(22)28)15-18-7-3-2-4-8-18/h2-8H,9-16H2,1H3/t22-/m1/s1. The van der Waals surface area contributed by atoms with E-state index < -0.39 is 5.60 Å². The molecule has 1 spiro atoms. The zero-order valence-electron chi connectivity index (χ0n) is 17.1. The van der Waals surface area contributed by atoms with Crippen molar-refractivity contribution in [2.45, 2.75) is 38.3 Å². The van der Waals surface area contributed by atoms with Crippen molar-refractivity contribution < 1.29 is 18.8 Å². The summed E-state index contributed by atoms with van der Waals surface area (Å²) in [6.07, 6.45) is 5.09. The van der Waals surface area contributed by atoms with Gasteiger partial charge in [0, 0.05) is 38.9 Å². The van der Waals surface area contributed by atoms with Crippen molar-refractivity contribution in [2.75, 3.05) is 26.2 Å². The summed E-state index contributed by atoms with van der Waals surface area (Å²) in [6, 6.07) is 9.90. The number of aromatic nitrogens is 2. The summed E-state index contributed by atoms with van der Waals surface area (Å²) in [5.41, 5.74) is 0.0337. The number of amides is 2. The number of hydrogen-bond donors (Lipinski definition) is 0. The SMILES string of the molecule is Cc1noc(CCC(=O)N2CCO[C@]3(CC=CCN(Cc4ccccc4)C3=O)C2)n1. The van der Waals surface area contributed by atoms with Gasteiger partial charge in [0.1, 0.15) is 0 Å². The lowest BCUT2D eigenvalue weighted by atomic mass is 9.95. The third-order valence-corrected chi connectivity index (χ3v) is 5.49. The first-order valence-electron chi connectivity index (χ1n) is 10.2. The van der Waals surface area contributed by atoms with E-state index in [0.717, 1.165) is 5.56 Å². The molecule has 0 saturated carbocycles. The number of benzene rings is 1. The van der Waals surface area contributed by atoms with Crippen LogP contribution in [0.4, 0.5) is 0 Å². The number of carbonyl (C=O) groups excluding carboxylic acids is 2. The molecule has 4 rings (SSSR count). The average molecular weight is 410 g/mol. The second-order valence-electron chi connectivity index (χ2n) is 7.74. The first-order valence-corrected chi connectivity index (χ1v) is 10.2. The van der Waals surface area contributed by atoms with Gasteiger partial charge in [0.15, 0.2) is 11.4 Å². The summed E-state index contributed by atoms with van der Waals surface area (Å²) in [6.45, 7) is 3.85. The van der Waals surface area contributed by atoms with Gasteiger partial charge in [0.05, 0.1) is 13.2 Å². The van der Waals surface area contributed by atoms with Gasteiger partial charge in [0.2, 0.25) is 11.8 Å². The van der Waals surface area contributed by atoms with Crippen molar-refractivity contribution in [3.05, 3.63) is 59.8 Å². The largest absolute Gasteiger partial charge is 0.361 e. The van der Waals surface area contributed by atoms with E-state index >= 15 is 0 Å². The highest BCUT2D eigenvalue weighted by Gasteiger charge is 2.46. The Kier molecular flexibility index (Phi) is 5.94. The van der Waals surface area contributed by atoms with Crippen LogP contribution < -0.4 is 0 Å². The lowest BCUT2D eigenvalue weighted by molar-refractivity contribution is -0.173. The van der Waals surface area contributed by atoms with Crippen LogP contribution in [-0.2, 0) is 27.3 Å². The van der Waals surface area contributed by atoms with Crippen molar-refractivity contribution in [3.63, 3.8) is 0 Å². The fourth-order valence-electron chi connectivity index (χ4n) is 3.94. The van der Waals surface area contributed by atoms with E-state index in [-0.39, 0.29) is 24.8 Å². The van der Waals surface area contributed by atoms with Crippen LogP contribution >= 0.6 is 0 Å². The number of hydrogen-bond acceptors (Lipinski definition) is 6. The molecule has 2 aliphatic rings. The molecular formula is C22H26N4O4. The monoisotopic (exact) mass is 410 g/mol. The molecule has 8 heteroatoms. The second kappa shape index (κ2) is 8.79. The molecule has 2 aromatic rings. The van der Waals surface area contributed by atoms with Crippen molar-refractivity contribution in [1.29, 1.82) is 0 Å². The Balaban J connectivity index is 1.44. The minimum absolute atomic E-state index is 0.0378. The predicted molar refractivity (Wildman–Crippen MR) is 108 cm³/mol. The zero-order chi connectivity index (χ0) is 21.0. The van der Waals surface area contributed by atoms with E-state index in [4.69, 9.17) is 9.26 Å². The summed E-state index contributed by atoms with van der Waals surface area (Å²) < 4.78 is 11.1.